The fourth-order valence-electron chi connectivity index (χ4n) is 2.21. The Morgan fingerprint density at radius 3 is 2.71 bits per heavy atom. The van der Waals surface area contributed by atoms with Crippen LogP contribution in [0.25, 0.3) is 10.2 Å². The molecule has 2 aromatic heterocycles. The van der Waals surface area contributed by atoms with Crippen LogP contribution in [0.3, 0.4) is 0 Å². The van der Waals surface area contributed by atoms with Gasteiger partial charge in [0.05, 0.1) is 16.5 Å². The van der Waals surface area contributed by atoms with Crippen molar-refractivity contribution in [3.05, 3.63) is 72.7 Å². The van der Waals surface area contributed by atoms with E-state index in [0.717, 1.165) is 21.7 Å². The number of furan rings is 1. The monoisotopic (exact) mass is 336 g/mol. The van der Waals surface area contributed by atoms with Crippen LogP contribution < -0.4 is 10.1 Å². The number of hydrogen-bond donors (Lipinski definition) is 1. The quantitative estimate of drug-likeness (QED) is 0.573. The first-order valence-electron chi connectivity index (χ1n) is 7.26. The molecule has 0 bridgehead atoms. The van der Waals surface area contributed by atoms with E-state index in [2.05, 4.69) is 10.3 Å². The van der Waals surface area contributed by atoms with Gasteiger partial charge < -0.3 is 9.15 Å². The molecule has 0 aliphatic heterocycles. The van der Waals surface area contributed by atoms with Gasteiger partial charge in [0.15, 0.2) is 10.9 Å². The normalized spacial score (nSPS) is 10.7. The minimum Gasteiger partial charge on any atom is -0.459 e. The summed E-state index contributed by atoms with van der Waals surface area (Å²) in [5, 5.41) is 3.25. The van der Waals surface area contributed by atoms with Crippen LogP contribution in [-0.4, -0.2) is 10.9 Å². The largest absolute Gasteiger partial charge is 0.459 e. The summed E-state index contributed by atoms with van der Waals surface area (Å²) in [7, 11) is 0. The highest BCUT2D eigenvalue weighted by Gasteiger charge is 2.12. The van der Waals surface area contributed by atoms with Crippen molar-refractivity contribution in [2.75, 3.05) is 5.32 Å². The van der Waals surface area contributed by atoms with Crippen molar-refractivity contribution in [1.29, 1.82) is 0 Å². The van der Waals surface area contributed by atoms with Gasteiger partial charge >= 0.3 is 0 Å². The van der Waals surface area contributed by atoms with Crippen molar-refractivity contribution in [1.82, 2.24) is 4.98 Å². The Kier molecular flexibility index (Phi) is 3.72. The molecule has 0 spiro atoms. The number of carbonyl (C=O) groups is 1. The topological polar surface area (TPSA) is 64.4 Å². The summed E-state index contributed by atoms with van der Waals surface area (Å²) >= 11 is 1.38. The summed E-state index contributed by atoms with van der Waals surface area (Å²) in [6, 6.07) is 18.5. The number of fused-ring (bicyclic) bond motifs is 1. The van der Waals surface area contributed by atoms with E-state index in [1.807, 2.05) is 48.5 Å². The lowest BCUT2D eigenvalue weighted by atomic mass is 10.3. The number of thiazole rings is 1. The van der Waals surface area contributed by atoms with Gasteiger partial charge in [-0.1, -0.05) is 29.5 Å². The summed E-state index contributed by atoms with van der Waals surface area (Å²) in [4.78, 5) is 16.4. The second-order valence-corrected chi connectivity index (χ2v) is 6.03. The number of benzene rings is 2. The number of ether oxygens (including phenoxy) is 1. The van der Waals surface area contributed by atoms with Crippen LogP contribution in [0.4, 0.5) is 5.13 Å². The molecule has 2 heterocycles. The number of amides is 1. The molecule has 0 atom stereocenters. The van der Waals surface area contributed by atoms with E-state index >= 15 is 0 Å². The highest BCUT2D eigenvalue weighted by molar-refractivity contribution is 7.22. The third-order valence-corrected chi connectivity index (χ3v) is 4.24. The molecule has 0 saturated carbocycles. The average molecular weight is 336 g/mol. The third-order valence-electron chi connectivity index (χ3n) is 3.30. The first-order valence-corrected chi connectivity index (χ1v) is 8.08. The number of rotatable bonds is 4. The predicted molar refractivity (Wildman–Crippen MR) is 92.8 cm³/mol. The molecule has 1 amide bonds. The predicted octanol–water partition coefficient (Wildman–Crippen LogP) is 4.93. The van der Waals surface area contributed by atoms with Crippen molar-refractivity contribution in [3.8, 4) is 11.5 Å². The molecule has 1 N–H and O–H groups in total. The highest BCUT2D eigenvalue weighted by Crippen LogP contribution is 2.31. The van der Waals surface area contributed by atoms with E-state index in [0.29, 0.717) is 5.13 Å². The minimum absolute atomic E-state index is 0.252. The van der Waals surface area contributed by atoms with Crippen LogP contribution in [0.1, 0.15) is 10.6 Å². The van der Waals surface area contributed by atoms with Gasteiger partial charge in [0.25, 0.3) is 5.91 Å². The molecule has 6 heteroatoms. The van der Waals surface area contributed by atoms with Gasteiger partial charge in [0.1, 0.15) is 11.5 Å². The zero-order valence-corrected chi connectivity index (χ0v) is 13.2. The Hall–Kier alpha value is -3.12. The standard InChI is InChI=1S/C18H12N2O3S/c21-17(15-7-4-10-22-15)20-18-19-14-9-8-13(11-16(14)24-18)23-12-5-2-1-3-6-12/h1-11H,(H,19,20,21). The van der Waals surface area contributed by atoms with Crippen LogP contribution in [0.2, 0.25) is 0 Å². The molecule has 4 aromatic rings. The molecule has 24 heavy (non-hydrogen) atoms. The van der Waals surface area contributed by atoms with Crippen molar-refractivity contribution in [2.45, 2.75) is 0 Å². The summed E-state index contributed by atoms with van der Waals surface area (Å²) in [6.07, 6.45) is 1.46. The Labute approximate surface area is 141 Å². The first-order chi connectivity index (χ1) is 11.8. The fourth-order valence-corrected chi connectivity index (χ4v) is 3.10. The Bertz CT molecular complexity index is 978. The lowest BCUT2D eigenvalue weighted by molar-refractivity contribution is 0.0996. The Morgan fingerprint density at radius 2 is 1.92 bits per heavy atom. The minimum atomic E-state index is -0.320. The maximum Gasteiger partial charge on any atom is 0.293 e. The van der Waals surface area contributed by atoms with E-state index in [4.69, 9.17) is 9.15 Å². The SMILES string of the molecule is O=C(Nc1nc2ccc(Oc3ccccc3)cc2s1)c1ccco1. The summed E-state index contributed by atoms with van der Waals surface area (Å²) in [5.41, 5.74) is 0.801. The number of para-hydroxylation sites is 1. The molecule has 0 aliphatic rings. The number of carbonyl (C=O) groups excluding carboxylic acids is 1. The molecule has 2 aromatic carbocycles. The Balaban J connectivity index is 1.56. The number of hydrogen-bond acceptors (Lipinski definition) is 5. The molecular formula is C18H12N2O3S. The van der Waals surface area contributed by atoms with Crippen LogP contribution in [-0.2, 0) is 0 Å². The summed E-state index contributed by atoms with van der Waals surface area (Å²) in [5.74, 6) is 1.43. The van der Waals surface area contributed by atoms with E-state index in [-0.39, 0.29) is 11.7 Å². The third kappa shape index (κ3) is 3.00. The highest BCUT2D eigenvalue weighted by atomic mass is 32.1. The van der Waals surface area contributed by atoms with Crippen molar-refractivity contribution in [2.24, 2.45) is 0 Å². The van der Waals surface area contributed by atoms with Gasteiger partial charge in [-0.15, -0.1) is 0 Å². The van der Waals surface area contributed by atoms with Crippen LogP contribution in [0.15, 0.2) is 71.3 Å². The van der Waals surface area contributed by atoms with E-state index in [9.17, 15) is 4.79 Å². The smallest absolute Gasteiger partial charge is 0.293 e. The van der Waals surface area contributed by atoms with Gasteiger partial charge in [0, 0.05) is 6.07 Å². The number of anilines is 1. The number of nitrogens with zero attached hydrogens (tertiary/aromatic N) is 1. The van der Waals surface area contributed by atoms with Gasteiger partial charge in [0.2, 0.25) is 0 Å². The number of aromatic nitrogens is 1. The molecule has 4 rings (SSSR count). The van der Waals surface area contributed by atoms with Crippen LogP contribution >= 0.6 is 11.3 Å². The zero-order valence-electron chi connectivity index (χ0n) is 12.4. The Morgan fingerprint density at radius 1 is 1.04 bits per heavy atom. The van der Waals surface area contributed by atoms with Gasteiger partial charge in [-0.05, 0) is 36.4 Å². The molecule has 0 radical (unpaired) electrons. The molecular weight excluding hydrogens is 324 g/mol. The maximum atomic E-state index is 12.0. The summed E-state index contributed by atoms with van der Waals surface area (Å²) in [6.45, 7) is 0. The molecule has 118 valence electrons. The summed E-state index contributed by atoms with van der Waals surface area (Å²) < 4.78 is 11.8. The van der Waals surface area contributed by atoms with E-state index in [1.165, 1.54) is 17.6 Å². The van der Waals surface area contributed by atoms with Crippen molar-refractivity contribution < 1.29 is 13.9 Å². The molecule has 5 nitrogen and oxygen atoms in total. The van der Waals surface area contributed by atoms with Gasteiger partial charge in [-0.25, -0.2) is 4.98 Å². The molecule has 0 unspecified atom stereocenters. The van der Waals surface area contributed by atoms with Crippen molar-refractivity contribution in [3.63, 3.8) is 0 Å². The van der Waals surface area contributed by atoms with Crippen molar-refractivity contribution >= 4 is 32.6 Å². The average Bonchev–Trinajstić information content (AvgIpc) is 3.24. The fraction of sp³-hybridized carbons (Fsp3) is 0. The van der Waals surface area contributed by atoms with Gasteiger partial charge in [-0.2, -0.15) is 0 Å². The lowest BCUT2D eigenvalue weighted by Crippen LogP contribution is -2.10. The van der Waals surface area contributed by atoms with Gasteiger partial charge in [-0.3, -0.25) is 10.1 Å². The second kappa shape index (κ2) is 6.17. The number of nitrogens with one attached hydrogen (secondary N) is 1. The molecule has 0 fully saturated rings. The van der Waals surface area contributed by atoms with E-state index < -0.39 is 0 Å². The van der Waals surface area contributed by atoms with E-state index in [1.54, 1.807) is 12.1 Å². The first kappa shape index (κ1) is 14.5. The maximum absolute atomic E-state index is 12.0. The molecule has 0 saturated heterocycles. The second-order valence-electron chi connectivity index (χ2n) is 5.00. The van der Waals surface area contributed by atoms with Crippen LogP contribution in [0, 0.1) is 0 Å². The lowest BCUT2D eigenvalue weighted by Gasteiger charge is -2.04. The zero-order chi connectivity index (χ0) is 16.4. The molecule has 0 aliphatic carbocycles. The van der Waals surface area contributed by atoms with Crippen LogP contribution in [0.5, 0.6) is 11.5 Å².